The minimum Gasteiger partial charge on any atom is -0.508 e. The van der Waals surface area contributed by atoms with Gasteiger partial charge in [-0.1, -0.05) is 0 Å². The van der Waals surface area contributed by atoms with Gasteiger partial charge in [-0.15, -0.1) is 0 Å². The molecule has 0 amide bonds. The smallest absolute Gasteiger partial charge is 0.310 e. The van der Waals surface area contributed by atoms with Crippen LogP contribution in [0.25, 0.3) is 10.9 Å². The van der Waals surface area contributed by atoms with Crippen LogP contribution in [-0.2, 0) is 4.79 Å². The molecule has 3 atom stereocenters. The first-order chi connectivity index (χ1) is 9.54. The molecule has 5 N–H and O–H groups in total. The Morgan fingerprint density at radius 3 is 2.80 bits per heavy atom. The number of carboxylic acid groups (broad SMARTS) is 1. The van der Waals surface area contributed by atoms with E-state index in [0.29, 0.717) is 6.42 Å². The molecular formula is C14H16N2O4. The highest BCUT2D eigenvalue weighted by atomic mass is 16.4. The topological polar surface area (TPSA) is 106 Å². The van der Waals surface area contributed by atoms with Gasteiger partial charge in [-0.3, -0.25) is 4.79 Å². The highest BCUT2D eigenvalue weighted by Gasteiger charge is 2.34. The van der Waals surface area contributed by atoms with Crippen molar-refractivity contribution in [3.63, 3.8) is 0 Å². The molecule has 1 fully saturated rings. The third-order valence-corrected chi connectivity index (χ3v) is 3.85. The zero-order chi connectivity index (χ0) is 14.3. The van der Waals surface area contributed by atoms with E-state index >= 15 is 0 Å². The lowest BCUT2D eigenvalue weighted by Crippen LogP contribution is -2.45. The van der Waals surface area contributed by atoms with Crippen LogP contribution in [0.2, 0.25) is 0 Å². The summed E-state index contributed by atoms with van der Waals surface area (Å²) in [5.41, 5.74) is 1.70. The molecule has 6 heteroatoms. The zero-order valence-corrected chi connectivity index (χ0v) is 10.7. The molecule has 1 aliphatic rings. The van der Waals surface area contributed by atoms with Crippen molar-refractivity contribution in [1.29, 1.82) is 0 Å². The highest BCUT2D eigenvalue weighted by molar-refractivity contribution is 5.82. The maximum Gasteiger partial charge on any atom is 0.310 e. The molecular weight excluding hydrogens is 260 g/mol. The molecule has 0 bridgehead atoms. The van der Waals surface area contributed by atoms with Gasteiger partial charge in [0.2, 0.25) is 0 Å². The number of carbonyl (C=O) groups is 1. The summed E-state index contributed by atoms with van der Waals surface area (Å²) in [6, 6.07) is 6.89. The minimum absolute atomic E-state index is 0.116. The van der Waals surface area contributed by atoms with Gasteiger partial charge in [-0.25, -0.2) is 0 Å². The summed E-state index contributed by atoms with van der Waals surface area (Å²) in [6.07, 6.45) is -0.519. The van der Waals surface area contributed by atoms with Crippen LogP contribution >= 0.6 is 0 Å². The number of hydrogen-bond acceptors (Lipinski definition) is 4. The van der Waals surface area contributed by atoms with Gasteiger partial charge < -0.3 is 25.6 Å². The Bertz CT molecular complexity index is 652. The Morgan fingerprint density at radius 2 is 2.10 bits per heavy atom. The van der Waals surface area contributed by atoms with Crippen LogP contribution in [0.3, 0.4) is 0 Å². The fourth-order valence-electron chi connectivity index (χ4n) is 2.71. The molecule has 1 aliphatic heterocycles. The van der Waals surface area contributed by atoms with Crippen LogP contribution < -0.4 is 5.32 Å². The lowest BCUT2D eigenvalue weighted by Gasteiger charge is -2.31. The molecule has 0 spiro atoms. The van der Waals surface area contributed by atoms with Crippen LogP contribution in [0.15, 0.2) is 24.3 Å². The molecule has 2 aromatic rings. The van der Waals surface area contributed by atoms with Gasteiger partial charge in [0.1, 0.15) is 5.75 Å². The average Bonchev–Trinajstić information content (AvgIpc) is 2.81. The number of benzene rings is 1. The van der Waals surface area contributed by atoms with Gasteiger partial charge in [0.15, 0.2) is 0 Å². The first kappa shape index (κ1) is 13.0. The van der Waals surface area contributed by atoms with Crippen molar-refractivity contribution >= 4 is 16.9 Å². The number of aromatic hydroxyl groups is 1. The van der Waals surface area contributed by atoms with Gasteiger partial charge in [0, 0.05) is 29.9 Å². The van der Waals surface area contributed by atoms with E-state index < -0.39 is 18.0 Å². The third kappa shape index (κ3) is 2.23. The number of aliphatic hydroxyl groups excluding tert-OH is 1. The monoisotopic (exact) mass is 276 g/mol. The highest BCUT2D eigenvalue weighted by Crippen LogP contribution is 2.29. The number of piperidine rings is 1. The molecule has 0 aliphatic carbocycles. The van der Waals surface area contributed by atoms with Crippen LogP contribution in [0.4, 0.5) is 0 Å². The Morgan fingerprint density at radius 1 is 1.30 bits per heavy atom. The average molecular weight is 276 g/mol. The van der Waals surface area contributed by atoms with Gasteiger partial charge in [-0.05, 0) is 30.0 Å². The second-order valence-electron chi connectivity index (χ2n) is 5.20. The van der Waals surface area contributed by atoms with Crippen molar-refractivity contribution in [2.75, 3.05) is 6.54 Å². The van der Waals surface area contributed by atoms with Crippen LogP contribution in [0.1, 0.15) is 18.2 Å². The lowest BCUT2D eigenvalue weighted by atomic mass is 9.90. The number of aliphatic carboxylic acids is 1. The number of aliphatic hydroxyl groups is 1. The first-order valence-corrected chi connectivity index (χ1v) is 6.50. The van der Waals surface area contributed by atoms with Gasteiger partial charge in [0.05, 0.1) is 12.0 Å². The number of fused-ring (bicyclic) bond motifs is 1. The van der Waals surface area contributed by atoms with Crippen LogP contribution in [-0.4, -0.2) is 38.9 Å². The Hall–Kier alpha value is -2.05. The normalized spacial score (nSPS) is 26.8. The number of phenolic OH excluding ortho intramolecular Hbond substituents is 1. The maximum absolute atomic E-state index is 11.0. The molecule has 0 saturated carbocycles. The maximum atomic E-state index is 11.0. The molecule has 20 heavy (non-hydrogen) atoms. The molecule has 1 aromatic carbocycles. The number of rotatable bonds is 2. The Balaban J connectivity index is 1.83. The Kier molecular flexibility index (Phi) is 3.11. The molecule has 3 unspecified atom stereocenters. The van der Waals surface area contributed by atoms with E-state index in [0.717, 1.165) is 16.6 Å². The number of H-pyrrole nitrogens is 1. The lowest BCUT2D eigenvalue weighted by molar-refractivity contribution is -0.147. The quantitative estimate of drug-likeness (QED) is 0.562. The van der Waals surface area contributed by atoms with E-state index in [2.05, 4.69) is 10.3 Å². The summed E-state index contributed by atoms with van der Waals surface area (Å²) in [7, 11) is 0. The van der Waals surface area contributed by atoms with Crippen molar-refractivity contribution in [3.05, 3.63) is 30.0 Å². The molecule has 6 nitrogen and oxygen atoms in total. The van der Waals surface area contributed by atoms with Crippen molar-refractivity contribution in [3.8, 4) is 5.75 Å². The summed E-state index contributed by atoms with van der Waals surface area (Å²) in [5.74, 6) is -1.56. The summed E-state index contributed by atoms with van der Waals surface area (Å²) in [4.78, 5) is 14.1. The van der Waals surface area contributed by atoms with E-state index in [1.165, 1.54) is 0 Å². The van der Waals surface area contributed by atoms with E-state index in [1.807, 2.05) is 12.1 Å². The summed E-state index contributed by atoms with van der Waals surface area (Å²) in [5, 5.41) is 32.4. The summed E-state index contributed by atoms with van der Waals surface area (Å²) in [6.45, 7) is 0.238. The van der Waals surface area contributed by atoms with E-state index in [1.54, 1.807) is 12.1 Å². The third-order valence-electron chi connectivity index (χ3n) is 3.85. The minimum atomic E-state index is -0.981. The van der Waals surface area contributed by atoms with Gasteiger partial charge in [0.25, 0.3) is 0 Å². The van der Waals surface area contributed by atoms with Crippen LogP contribution in [0.5, 0.6) is 5.75 Å². The molecule has 2 heterocycles. The molecule has 3 rings (SSSR count). The first-order valence-electron chi connectivity index (χ1n) is 6.50. The largest absolute Gasteiger partial charge is 0.508 e. The van der Waals surface area contributed by atoms with E-state index in [-0.39, 0.29) is 18.3 Å². The standard InChI is InChI=1S/C14H16N2O4/c17-8-2-1-7-3-12(16-10(7)4-8)11-5-13(18)9(6-15-11)14(19)20/h1-4,9,11,13,15-18H,5-6H2,(H,19,20). The fraction of sp³-hybridized carbons (Fsp3) is 0.357. The number of aromatic nitrogens is 1. The van der Waals surface area contributed by atoms with Gasteiger partial charge in [-0.2, -0.15) is 0 Å². The van der Waals surface area contributed by atoms with Crippen LogP contribution in [0, 0.1) is 5.92 Å². The van der Waals surface area contributed by atoms with Crippen molar-refractivity contribution < 1.29 is 20.1 Å². The van der Waals surface area contributed by atoms with Gasteiger partial charge >= 0.3 is 5.97 Å². The predicted molar refractivity (Wildman–Crippen MR) is 72.5 cm³/mol. The number of aromatic amines is 1. The Labute approximate surface area is 115 Å². The fourth-order valence-corrected chi connectivity index (χ4v) is 2.71. The number of phenols is 1. The second kappa shape index (κ2) is 4.81. The summed E-state index contributed by atoms with van der Waals surface area (Å²) >= 11 is 0. The van der Waals surface area contributed by atoms with Crippen molar-refractivity contribution in [2.45, 2.75) is 18.6 Å². The number of hydrogen-bond donors (Lipinski definition) is 5. The van der Waals surface area contributed by atoms with E-state index in [4.69, 9.17) is 5.11 Å². The number of carboxylic acids is 1. The van der Waals surface area contributed by atoms with E-state index in [9.17, 15) is 15.0 Å². The summed E-state index contributed by atoms with van der Waals surface area (Å²) < 4.78 is 0. The molecule has 0 radical (unpaired) electrons. The van der Waals surface area contributed by atoms with Crippen molar-refractivity contribution in [2.24, 2.45) is 5.92 Å². The molecule has 106 valence electrons. The van der Waals surface area contributed by atoms with Crippen molar-refractivity contribution in [1.82, 2.24) is 10.3 Å². The predicted octanol–water partition coefficient (Wildman–Crippen LogP) is 0.970. The zero-order valence-electron chi connectivity index (χ0n) is 10.7. The molecule has 1 aromatic heterocycles. The molecule has 1 saturated heterocycles. The SMILES string of the molecule is O=C(O)C1CNC(c2cc3ccc(O)cc3[nH]2)CC1O. The number of nitrogens with one attached hydrogen (secondary N) is 2. The second-order valence-corrected chi connectivity index (χ2v) is 5.20.